The number of hydrogen-bond acceptors (Lipinski definition) is 10. The highest BCUT2D eigenvalue weighted by molar-refractivity contribution is 5.94. The number of ether oxygens (including phenoxy) is 8. The molecule has 0 unspecified atom stereocenters. The highest BCUT2D eigenvalue weighted by atomic mass is 19.1. The third kappa shape index (κ3) is 6.56. The van der Waals surface area contributed by atoms with E-state index in [0.29, 0.717) is 39.4 Å². The molecule has 6 aliphatic rings. The van der Waals surface area contributed by atoms with Crippen molar-refractivity contribution in [3.8, 4) is 22.3 Å². The van der Waals surface area contributed by atoms with E-state index in [4.69, 9.17) is 47.9 Å². The first-order valence-electron chi connectivity index (χ1n) is 20.6. The molecule has 318 valence electrons. The molecule has 0 aliphatic carbocycles. The predicted molar refractivity (Wildman–Crippen MR) is 227 cm³/mol. The van der Waals surface area contributed by atoms with Crippen molar-refractivity contribution >= 4 is 46.4 Å². The molecule has 0 amide bonds. The normalized spacial score (nSPS) is 27.9. The van der Waals surface area contributed by atoms with Crippen LogP contribution in [0.1, 0.15) is 73.8 Å². The topological polar surface area (TPSA) is 131 Å². The van der Waals surface area contributed by atoms with E-state index in [1.165, 1.54) is 24.3 Å². The van der Waals surface area contributed by atoms with Gasteiger partial charge >= 0.3 is 0 Å². The quantitative estimate of drug-likeness (QED) is 0.167. The summed E-state index contributed by atoms with van der Waals surface area (Å²) in [6.45, 7) is 7.38. The van der Waals surface area contributed by atoms with Gasteiger partial charge in [-0.15, -0.1) is 0 Å². The van der Waals surface area contributed by atoms with E-state index >= 15 is 0 Å². The van der Waals surface area contributed by atoms with Gasteiger partial charge in [0.1, 0.15) is 48.3 Å². The maximum absolute atomic E-state index is 14.5. The van der Waals surface area contributed by atoms with Gasteiger partial charge in [0.25, 0.3) is 0 Å². The number of H-pyrrole nitrogens is 2. The number of aromatic amines is 2. The number of methoxy groups -OCH3 is 2. The maximum Gasteiger partial charge on any atom is 0.190 e. The summed E-state index contributed by atoms with van der Waals surface area (Å²) in [5.41, 5.74) is 9.62. The van der Waals surface area contributed by atoms with Crippen LogP contribution in [0, 0.1) is 11.6 Å². The average molecular weight is 843 g/mol. The lowest BCUT2D eigenvalue weighted by Crippen LogP contribution is -2.33. The molecule has 3 aromatic heterocycles. The molecule has 6 aliphatic heterocycles. The van der Waals surface area contributed by atoms with Gasteiger partial charge in [0.15, 0.2) is 24.2 Å². The fourth-order valence-electron chi connectivity index (χ4n) is 9.63. The third-order valence-electron chi connectivity index (χ3n) is 12.2. The number of fused-ring (bicyclic) bond motifs is 10. The lowest BCUT2D eigenvalue weighted by Gasteiger charge is -2.25. The summed E-state index contributed by atoms with van der Waals surface area (Å²) in [5, 5.41) is 0. The minimum atomic E-state index is -0.870. The highest BCUT2D eigenvalue weighted by Gasteiger charge is 2.57. The Bertz CT molecular complexity index is 2690. The number of aromatic nitrogens is 4. The Morgan fingerprint density at radius 2 is 0.887 bits per heavy atom. The molecule has 0 saturated carbocycles. The summed E-state index contributed by atoms with van der Waals surface area (Å²) < 4.78 is 79.7. The molecule has 5 aromatic rings. The van der Waals surface area contributed by atoms with Gasteiger partial charge in [-0.25, -0.2) is 18.7 Å². The Balaban J connectivity index is 1.22. The molecule has 4 fully saturated rings. The summed E-state index contributed by atoms with van der Waals surface area (Å²) in [7, 11) is 3.26. The van der Waals surface area contributed by atoms with Crippen LogP contribution in [0.3, 0.4) is 0 Å². The van der Waals surface area contributed by atoms with Crippen molar-refractivity contribution in [2.75, 3.05) is 14.2 Å². The third-order valence-corrected chi connectivity index (χ3v) is 12.2. The number of nitrogens with zero attached hydrogens (tertiary/aromatic N) is 2. The molecule has 11 rings (SSSR count). The van der Waals surface area contributed by atoms with Gasteiger partial charge < -0.3 is 47.9 Å². The standard InChI is InChI=1S/C48H44F2N4O8/c1-47(2)59-43-41(55-5)39(57-45(43)61-47)37-31-19-15-27(51-31)35(23-7-11-25(49)12-8-23)29-17-21-33(53-29)38(40-42(56-6)44-46(58-40)62-48(3,4)60-44)34-22-18-30(54-34)36(28-16-20-32(37)52-28)24-9-13-26(50)14-10-24/h7-22,39-46,51-52H,1-6H3/t39-,40-,41+,42+,43-,44-,45-,46-/m1/s1. The number of hydrogen-bond donors (Lipinski definition) is 2. The monoisotopic (exact) mass is 842 g/mol. The van der Waals surface area contributed by atoms with Crippen molar-refractivity contribution in [3.05, 3.63) is 118 Å². The molecule has 0 spiro atoms. The van der Waals surface area contributed by atoms with Crippen molar-refractivity contribution in [2.45, 2.75) is 88.5 Å². The molecule has 2 aromatic carbocycles. The Kier molecular flexibility index (Phi) is 9.27. The molecular formula is C48H44F2N4O8. The zero-order chi connectivity index (χ0) is 42.7. The minimum absolute atomic E-state index is 0.362. The van der Waals surface area contributed by atoms with Crippen LogP contribution in [0.15, 0.2) is 72.8 Å². The van der Waals surface area contributed by atoms with Gasteiger partial charge in [-0.05, 0) is 112 Å². The van der Waals surface area contributed by atoms with E-state index in [1.807, 2.05) is 76.3 Å². The summed E-state index contributed by atoms with van der Waals surface area (Å²) in [4.78, 5) is 18.0. The van der Waals surface area contributed by atoms with E-state index in [1.54, 1.807) is 38.5 Å². The lowest BCUT2D eigenvalue weighted by molar-refractivity contribution is -0.218. The summed E-state index contributed by atoms with van der Waals surface area (Å²) >= 11 is 0. The molecule has 4 saturated heterocycles. The predicted octanol–water partition coefficient (Wildman–Crippen LogP) is 9.40. The minimum Gasteiger partial charge on any atom is -0.375 e. The van der Waals surface area contributed by atoms with Crippen LogP contribution in [0.25, 0.3) is 68.6 Å². The first kappa shape index (κ1) is 39.4. The van der Waals surface area contributed by atoms with Crippen molar-refractivity contribution < 1.29 is 46.7 Å². The van der Waals surface area contributed by atoms with Gasteiger partial charge in [0.2, 0.25) is 0 Å². The molecule has 62 heavy (non-hydrogen) atoms. The molecule has 9 heterocycles. The van der Waals surface area contributed by atoms with Crippen molar-refractivity contribution in [2.24, 2.45) is 0 Å². The van der Waals surface area contributed by atoms with Gasteiger partial charge in [-0.1, -0.05) is 24.3 Å². The first-order chi connectivity index (χ1) is 29.9. The number of halogens is 2. The zero-order valence-electron chi connectivity index (χ0n) is 34.8. The zero-order valence-corrected chi connectivity index (χ0v) is 34.8. The fourth-order valence-corrected chi connectivity index (χ4v) is 9.63. The van der Waals surface area contributed by atoms with Crippen LogP contribution in [0.4, 0.5) is 8.78 Å². The van der Waals surface area contributed by atoms with Crippen LogP contribution in [-0.4, -0.2) is 82.7 Å². The fraction of sp³-hybridized carbons (Fsp3) is 0.333. The van der Waals surface area contributed by atoms with E-state index in [0.717, 1.165) is 38.9 Å². The lowest BCUT2D eigenvalue weighted by atomic mass is 9.99. The number of rotatable bonds is 6. The van der Waals surface area contributed by atoms with E-state index < -0.39 is 60.8 Å². The van der Waals surface area contributed by atoms with E-state index in [2.05, 4.69) is 9.97 Å². The van der Waals surface area contributed by atoms with Crippen LogP contribution in [0.2, 0.25) is 0 Å². The van der Waals surface area contributed by atoms with Crippen LogP contribution < -0.4 is 0 Å². The number of benzene rings is 2. The van der Waals surface area contributed by atoms with Crippen molar-refractivity contribution in [1.82, 2.24) is 19.9 Å². The second-order valence-electron chi connectivity index (χ2n) is 17.0. The molecule has 8 atom stereocenters. The maximum atomic E-state index is 14.5. The molecule has 2 N–H and O–H groups in total. The van der Waals surface area contributed by atoms with Gasteiger partial charge in [-0.3, -0.25) is 0 Å². The first-order valence-corrected chi connectivity index (χ1v) is 20.6. The van der Waals surface area contributed by atoms with Gasteiger partial charge in [0.05, 0.1) is 22.8 Å². The Labute approximate surface area is 355 Å². The van der Waals surface area contributed by atoms with Crippen LogP contribution in [-0.2, 0) is 37.9 Å². The van der Waals surface area contributed by atoms with Crippen LogP contribution >= 0.6 is 0 Å². The molecule has 0 radical (unpaired) electrons. The van der Waals surface area contributed by atoms with Gasteiger partial charge in [0, 0.05) is 58.5 Å². The Hall–Kier alpha value is -5.42. The number of nitrogens with one attached hydrogen (secondary N) is 2. The summed E-state index contributed by atoms with van der Waals surface area (Å²) in [5.74, 6) is -2.46. The van der Waals surface area contributed by atoms with E-state index in [9.17, 15) is 8.78 Å². The van der Waals surface area contributed by atoms with Gasteiger partial charge in [-0.2, -0.15) is 0 Å². The van der Waals surface area contributed by atoms with Crippen LogP contribution in [0.5, 0.6) is 0 Å². The largest absolute Gasteiger partial charge is 0.375 e. The molecule has 14 heteroatoms. The Morgan fingerprint density at radius 3 is 1.31 bits per heavy atom. The summed E-state index contributed by atoms with van der Waals surface area (Å²) in [6, 6.07) is 20.6. The smallest absolute Gasteiger partial charge is 0.190 e. The van der Waals surface area contributed by atoms with Crippen molar-refractivity contribution in [1.29, 1.82) is 0 Å². The molecular weight excluding hydrogens is 799 g/mol. The highest BCUT2D eigenvalue weighted by Crippen LogP contribution is 2.49. The average Bonchev–Trinajstić information content (AvgIpc) is 4.10. The molecule has 12 nitrogen and oxygen atoms in total. The SMILES string of the molecule is CO[C@@H]1[C@H]2OC(C)(C)O[C@H]2O[C@@H]1c1c2nc(c(-c3ccc(F)cc3)c3ccc([nH]3)c([C@H]3O[C@@H]4OC(C)(C)O[C@@H]4[C@H]3OC)c3ccc([nH]3)c(-c3ccc(F)cc3)c3nc1C=C3)C=C2. The second kappa shape index (κ2) is 14.6. The Morgan fingerprint density at radius 1 is 0.500 bits per heavy atom. The second-order valence-corrected chi connectivity index (χ2v) is 17.0. The molecule has 8 bridgehead atoms. The van der Waals surface area contributed by atoms with E-state index in [-0.39, 0.29) is 11.6 Å². The van der Waals surface area contributed by atoms with Crippen molar-refractivity contribution in [3.63, 3.8) is 0 Å². The summed E-state index contributed by atoms with van der Waals surface area (Å²) in [6.07, 6.45) is 2.80.